The molecule has 0 aliphatic heterocycles. The number of hydrogen-bond donors (Lipinski definition) is 1. The molecule has 1 aromatic rings. The second-order valence-corrected chi connectivity index (χ2v) is 6.82. The average Bonchev–Trinajstić information content (AvgIpc) is 2.08. The Hall–Kier alpha value is 0.190. The first-order chi connectivity index (χ1) is 7.24. The van der Waals surface area contributed by atoms with Gasteiger partial charge >= 0.3 is 0 Å². The fraction of sp³-hybridized carbons (Fsp3) is 0.333. The van der Waals surface area contributed by atoms with Crippen molar-refractivity contribution >= 4 is 49.2 Å². The standard InChI is InChI=1S/C9H10BrCl2NO2S/c1-5(2)13-16(14,15)9-4-8(12)7(11)3-6(9)10/h3-5,13H,1-2H3. The summed E-state index contributed by atoms with van der Waals surface area (Å²) in [7, 11) is -3.57. The summed E-state index contributed by atoms with van der Waals surface area (Å²) in [5.41, 5.74) is 0. The minimum atomic E-state index is -3.57. The van der Waals surface area contributed by atoms with Gasteiger partial charge in [-0.2, -0.15) is 0 Å². The fourth-order valence-corrected chi connectivity index (χ4v) is 3.93. The largest absolute Gasteiger partial charge is 0.241 e. The Bertz CT molecular complexity index is 502. The van der Waals surface area contributed by atoms with Gasteiger partial charge in [0, 0.05) is 10.5 Å². The molecule has 0 bridgehead atoms. The quantitative estimate of drug-likeness (QED) is 0.852. The zero-order chi connectivity index (χ0) is 12.5. The van der Waals surface area contributed by atoms with E-state index in [0.29, 0.717) is 9.50 Å². The molecular weight excluding hydrogens is 337 g/mol. The van der Waals surface area contributed by atoms with Crippen LogP contribution in [0.5, 0.6) is 0 Å². The highest BCUT2D eigenvalue weighted by atomic mass is 79.9. The predicted octanol–water partition coefficient (Wildman–Crippen LogP) is 3.44. The number of hydrogen-bond acceptors (Lipinski definition) is 2. The number of nitrogens with one attached hydrogen (secondary N) is 1. The third-order valence-electron chi connectivity index (χ3n) is 1.66. The molecule has 0 spiro atoms. The van der Waals surface area contributed by atoms with Gasteiger partial charge in [-0.05, 0) is 41.9 Å². The lowest BCUT2D eigenvalue weighted by atomic mass is 10.4. The minimum absolute atomic E-state index is 0.0793. The molecule has 90 valence electrons. The molecule has 0 fully saturated rings. The van der Waals surface area contributed by atoms with Gasteiger partial charge in [0.25, 0.3) is 0 Å². The van der Waals surface area contributed by atoms with Gasteiger partial charge in [0.1, 0.15) is 0 Å². The molecule has 1 aromatic carbocycles. The van der Waals surface area contributed by atoms with E-state index in [2.05, 4.69) is 20.7 Å². The van der Waals surface area contributed by atoms with Crippen LogP contribution in [-0.2, 0) is 10.0 Å². The highest BCUT2D eigenvalue weighted by Gasteiger charge is 2.20. The molecule has 0 radical (unpaired) electrons. The molecule has 0 atom stereocenters. The summed E-state index contributed by atoms with van der Waals surface area (Å²) < 4.78 is 26.6. The molecule has 0 aliphatic carbocycles. The molecule has 3 nitrogen and oxygen atoms in total. The van der Waals surface area contributed by atoms with Crippen molar-refractivity contribution in [3.05, 3.63) is 26.7 Å². The van der Waals surface area contributed by atoms with Crippen LogP contribution < -0.4 is 4.72 Å². The van der Waals surface area contributed by atoms with Gasteiger partial charge in [0.05, 0.1) is 14.9 Å². The number of rotatable bonds is 3. The first-order valence-electron chi connectivity index (χ1n) is 4.41. The van der Waals surface area contributed by atoms with Gasteiger partial charge in [0.15, 0.2) is 0 Å². The van der Waals surface area contributed by atoms with E-state index in [9.17, 15) is 8.42 Å². The molecule has 0 heterocycles. The van der Waals surface area contributed by atoms with Crippen molar-refractivity contribution < 1.29 is 8.42 Å². The van der Waals surface area contributed by atoms with Crippen LogP contribution in [0.2, 0.25) is 10.0 Å². The minimum Gasteiger partial charge on any atom is -0.209 e. The molecule has 1 N–H and O–H groups in total. The summed E-state index contributed by atoms with van der Waals surface area (Å²) in [4.78, 5) is 0.0793. The fourth-order valence-electron chi connectivity index (χ4n) is 1.08. The first kappa shape index (κ1) is 14.3. The lowest BCUT2D eigenvalue weighted by Crippen LogP contribution is -2.30. The van der Waals surface area contributed by atoms with Crippen LogP contribution >= 0.6 is 39.1 Å². The molecule has 0 saturated heterocycles. The van der Waals surface area contributed by atoms with Gasteiger partial charge in [-0.3, -0.25) is 0 Å². The van der Waals surface area contributed by atoms with Gasteiger partial charge < -0.3 is 0 Å². The molecule has 0 aromatic heterocycles. The molecule has 0 amide bonds. The summed E-state index contributed by atoms with van der Waals surface area (Å²) >= 11 is 14.7. The maximum atomic E-state index is 11.9. The zero-order valence-electron chi connectivity index (χ0n) is 8.59. The highest BCUT2D eigenvalue weighted by Crippen LogP contribution is 2.31. The molecule has 0 aliphatic rings. The van der Waals surface area contributed by atoms with Crippen LogP contribution in [0.3, 0.4) is 0 Å². The van der Waals surface area contributed by atoms with E-state index >= 15 is 0 Å². The Morgan fingerprint density at radius 3 is 2.25 bits per heavy atom. The van der Waals surface area contributed by atoms with E-state index in [1.54, 1.807) is 13.8 Å². The molecule has 0 saturated carbocycles. The third-order valence-corrected chi connectivity index (χ3v) is 4.99. The predicted molar refractivity (Wildman–Crippen MR) is 69.6 cm³/mol. The number of benzene rings is 1. The van der Waals surface area contributed by atoms with E-state index in [4.69, 9.17) is 23.2 Å². The Balaban J connectivity index is 3.29. The summed E-state index contributed by atoms with van der Waals surface area (Å²) in [5, 5.41) is 0.506. The normalized spacial score (nSPS) is 12.1. The molecule has 7 heteroatoms. The van der Waals surface area contributed by atoms with Crippen LogP contribution in [0.4, 0.5) is 0 Å². The van der Waals surface area contributed by atoms with E-state index < -0.39 is 10.0 Å². The first-order valence-corrected chi connectivity index (χ1v) is 7.44. The summed E-state index contributed by atoms with van der Waals surface area (Å²) in [6, 6.07) is 2.59. The van der Waals surface area contributed by atoms with Crippen molar-refractivity contribution in [2.24, 2.45) is 0 Å². The molecule has 0 unspecified atom stereocenters. The Labute approximate surface area is 113 Å². The van der Waals surface area contributed by atoms with Crippen LogP contribution in [0.25, 0.3) is 0 Å². The maximum absolute atomic E-state index is 11.9. The highest BCUT2D eigenvalue weighted by molar-refractivity contribution is 9.10. The zero-order valence-corrected chi connectivity index (χ0v) is 12.5. The van der Waals surface area contributed by atoms with Crippen molar-refractivity contribution in [2.75, 3.05) is 0 Å². The molecule has 16 heavy (non-hydrogen) atoms. The smallest absolute Gasteiger partial charge is 0.209 e. The number of halogens is 3. The van der Waals surface area contributed by atoms with E-state index in [0.717, 1.165) is 0 Å². The summed E-state index contributed by atoms with van der Waals surface area (Å²) in [6.45, 7) is 3.48. The number of sulfonamides is 1. The monoisotopic (exact) mass is 345 g/mol. The summed E-state index contributed by atoms with van der Waals surface area (Å²) in [6.07, 6.45) is 0. The lowest BCUT2D eigenvalue weighted by molar-refractivity contribution is 0.569. The van der Waals surface area contributed by atoms with Crippen LogP contribution in [0, 0.1) is 0 Å². The average molecular weight is 347 g/mol. The van der Waals surface area contributed by atoms with Crippen molar-refractivity contribution in [3.63, 3.8) is 0 Å². The van der Waals surface area contributed by atoms with Gasteiger partial charge in [-0.1, -0.05) is 23.2 Å². The second kappa shape index (κ2) is 5.23. The van der Waals surface area contributed by atoms with Crippen molar-refractivity contribution in [1.82, 2.24) is 4.72 Å². The SMILES string of the molecule is CC(C)NS(=O)(=O)c1cc(Cl)c(Cl)cc1Br. The van der Waals surface area contributed by atoms with Crippen molar-refractivity contribution in [2.45, 2.75) is 24.8 Å². The van der Waals surface area contributed by atoms with Crippen LogP contribution in [0.1, 0.15) is 13.8 Å². The van der Waals surface area contributed by atoms with Crippen LogP contribution in [0.15, 0.2) is 21.5 Å². The Morgan fingerprint density at radius 2 is 1.75 bits per heavy atom. The van der Waals surface area contributed by atoms with Crippen molar-refractivity contribution in [3.8, 4) is 0 Å². The second-order valence-electron chi connectivity index (χ2n) is 3.47. The van der Waals surface area contributed by atoms with Crippen molar-refractivity contribution in [1.29, 1.82) is 0 Å². The topological polar surface area (TPSA) is 46.2 Å². The Kier molecular flexibility index (Phi) is 4.66. The lowest BCUT2D eigenvalue weighted by Gasteiger charge is -2.11. The van der Waals surface area contributed by atoms with Gasteiger partial charge in [0.2, 0.25) is 10.0 Å². The third kappa shape index (κ3) is 3.34. The van der Waals surface area contributed by atoms with E-state index in [1.165, 1.54) is 12.1 Å². The van der Waals surface area contributed by atoms with Gasteiger partial charge in [-0.25, -0.2) is 13.1 Å². The maximum Gasteiger partial charge on any atom is 0.241 e. The molecular formula is C9H10BrCl2NO2S. The van der Waals surface area contributed by atoms with E-state index in [-0.39, 0.29) is 16.0 Å². The van der Waals surface area contributed by atoms with Crippen LogP contribution in [-0.4, -0.2) is 14.5 Å². The van der Waals surface area contributed by atoms with E-state index in [1.807, 2.05) is 0 Å². The molecule has 1 rings (SSSR count). The summed E-state index contributed by atoms with van der Waals surface area (Å²) in [5.74, 6) is 0. The Morgan fingerprint density at radius 1 is 1.25 bits per heavy atom. The van der Waals surface area contributed by atoms with Gasteiger partial charge in [-0.15, -0.1) is 0 Å².